The molecule has 0 heterocycles. The minimum absolute atomic E-state index is 0.450. The quantitative estimate of drug-likeness (QED) is 0.899. The molecule has 0 aliphatic heterocycles. The monoisotopic (exact) mass is 258 g/mol. The Morgan fingerprint density at radius 2 is 2.14 bits per heavy atom. The molecule has 0 aromatic heterocycles. The topological polar surface area (TPSA) is 29.5 Å². The van der Waals surface area contributed by atoms with Gasteiger partial charge >= 0.3 is 0 Å². The number of rotatable bonds is 4. The Bertz CT molecular complexity index is 299. The van der Waals surface area contributed by atoms with Crippen molar-refractivity contribution in [3.05, 3.63) is 28.2 Å². The molecule has 0 amide bonds. The minimum atomic E-state index is -0.450. The van der Waals surface area contributed by atoms with E-state index in [1.54, 1.807) is 0 Å². The van der Waals surface area contributed by atoms with Gasteiger partial charge in [0.25, 0.3) is 0 Å². The molecule has 0 aliphatic carbocycles. The van der Waals surface area contributed by atoms with Crippen molar-refractivity contribution in [3.63, 3.8) is 0 Å². The van der Waals surface area contributed by atoms with Crippen LogP contribution in [0.3, 0.4) is 0 Å². The summed E-state index contributed by atoms with van der Waals surface area (Å²) in [5.41, 5.74) is 0.851. The SMILES string of the molecule is CCOc1ccc(Br)cc1C(O)CC. The van der Waals surface area contributed by atoms with Crippen LogP contribution in [0.4, 0.5) is 0 Å². The second-order valence-corrected chi connectivity index (χ2v) is 3.95. The molecule has 0 fully saturated rings. The summed E-state index contributed by atoms with van der Waals surface area (Å²) in [6, 6.07) is 5.69. The molecule has 1 rings (SSSR count). The van der Waals surface area contributed by atoms with Gasteiger partial charge in [-0.05, 0) is 31.5 Å². The maximum Gasteiger partial charge on any atom is 0.125 e. The van der Waals surface area contributed by atoms with Crippen LogP contribution in [0.5, 0.6) is 5.75 Å². The van der Waals surface area contributed by atoms with Gasteiger partial charge in [0.05, 0.1) is 12.7 Å². The van der Waals surface area contributed by atoms with Crippen LogP contribution in [0.2, 0.25) is 0 Å². The largest absolute Gasteiger partial charge is 0.493 e. The lowest BCUT2D eigenvalue weighted by molar-refractivity contribution is 0.167. The summed E-state index contributed by atoms with van der Waals surface area (Å²) < 4.78 is 6.40. The molecule has 14 heavy (non-hydrogen) atoms. The van der Waals surface area contributed by atoms with E-state index >= 15 is 0 Å². The van der Waals surface area contributed by atoms with Crippen LogP contribution in [0.15, 0.2) is 22.7 Å². The fourth-order valence-electron chi connectivity index (χ4n) is 1.29. The maximum atomic E-state index is 9.76. The summed E-state index contributed by atoms with van der Waals surface area (Å²) in [7, 11) is 0. The van der Waals surface area contributed by atoms with Crippen LogP contribution in [0.1, 0.15) is 31.9 Å². The second kappa shape index (κ2) is 5.37. The van der Waals surface area contributed by atoms with E-state index in [2.05, 4.69) is 15.9 Å². The molecule has 2 nitrogen and oxygen atoms in total. The lowest BCUT2D eigenvalue weighted by atomic mass is 10.1. The van der Waals surface area contributed by atoms with Crippen molar-refractivity contribution in [1.82, 2.24) is 0 Å². The molecule has 0 saturated carbocycles. The van der Waals surface area contributed by atoms with Gasteiger partial charge in [-0.2, -0.15) is 0 Å². The van der Waals surface area contributed by atoms with Crippen molar-refractivity contribution in [2.75, 3.05) is 6.61 Å². The van der Waals surface area contributed by atoms with Gasteiger partial charge in [-0.3, -0.25) is 0 Å². The minimum Gasteiger partial charge on any atom is -0.493 e. The molecule has 1 unspecified atom stereocenters. The van der Waals surface area contributed by atoms with Gasteiger partial charge in [0.2, 0.25) is 0 Å². The normalized spacial score (nSPS) is 12.6. The average Bonchev–Trinajstić information content (AvgIpc) is 2.20. The number of aliphatic hydroxyl groups excluding tert-OH is 1. The Balaban J connectivity index is 3.02. The average molecular weight is 259 g/mol. The van der Waals surface area contributed by atoms with Crippen molar-refractivity contribution in [2.24, 2.45) is 0 Å². The third-order valence-corrected chi connectivity index (χ3v) is 2.51. The summed E-state index contributed by atoms with van der Waals surface area (Å²) in [6.07, 6.45) is 0.241. The number of hydrogen-bond acceptors (Lipinski definition) is 2. The first-order valence-corrected chi connectivity index (χ1v) is 5.58. The number of benzene rings is 1. The maximum absolute atomic E-state index is 9.76. The van der Waals surface area contributed by atoms with E-state index in [9.17, 15) is 5.11 Å². The Hall–Kier alpha value is -0.540. The van der Waals surface area contributed by atoms with Crippen LogP contribution >= 0.6 is 15.9 Å². The summed E-state index contributed by atoms with van der Waals surface area (Å²) >= 11 is 3.38. The summed E-state index contributed by atoms with van der Waals surface area (Å²) in [5.74, 6) is 0.769. The molecule has 1 aromatic carbocycles. The zero-order chi connectivity index (χ0) is 10.6. The van der Waals surface area contributed by atoms with Gasteiger partial charge in [-0.15, -0.1) is 0 Å². The van der Waals surface area contributed by atoms with Crippen molar-refractivity contribution >= 4 is 15.9 Å². The van der Waals surface area contributed by atoms with Gasteiger partial charge in [0.1, 0.15) is 5.75 Å². The van der Waals surface area contributed by atoms with Gasteiger partial charge in [-0.1, -0.05) is 22.9 Å². The summed E-state index contributed by atoms with van der Waals surface area (Å²) in [4.78, 5) is 0. The van der Waals surface area contributed by atoms with Crippen molar-refractivity contribution in [3.8, 4) is 5.75 Å². The highest BCUT2D eigenvalue weighted by molar-refractivity contribution is 9.10. The van der Waals surface area contributed by atoms with E-state index in [4.69, 9.17) is 4.74 Å². The molecule has 0 aliphatic rings. The van der Waals surface area contributed by atoms with Crippen LogP contribution < -0.4 is 4.74 Å². The number of halogens is 1. The van der Waals surface area contributed by atoms with Crippen LogP contribution in [0.25, 0.3) is 0 Å². The standard InChI is InChI=1S/C11H15BrO2/c1-3-10(13)9-7-8(12)5-6-11(9)14-4-2/h5-7,10,13H,3-4H2,1-2H3. The van der Waals surface area contributed by atoms with E-state index in [1.165, 1.54) is 0 Å². The second-order valence-electron chi connectivity index (χ2n) is 3.04. The molecular weight excluding hydrogens is 244 g/mol. The van der Waals surface area contributed by atoms with Gasteiger partial charge in [0, 0.05) is 10.0 Å². The molecule has 1 atom stereocenters. The van der Waals surface area contributed by atoms with E-state index in [0.717, 1.165) is 15.8 Å². The molecule has 1 aromatic rings. The van der Waals surface area contributed by atoms with E-state index in [0.29, 0.717) is 13.0 Å². The van der Waals surface area contributed by atoms with Crippen LogP contribution in [-0.4, -0.2) is 11.7 Å². The molecular formula is C11H15BrO2. The Kier molecular flexibility index (Phi) is 4.42. The molecule has 0 spiro atoms. The number of aliphatic hydroxyl groups is 1. The van der Waals surface area contributed by atoms with Crippen molar-refractivity contribution in [2.45, 2.75) is 26.4 Å². The van der Waals surface area contributed by atoms with Crippen molar-refractivity contribution < 1.29 is 9.84 Å². The third-order valence-electron chi connectivity index (χ3n) is 2.02. The van der Waals surface area contributed by atoms with Gasteiger partial charge < -0.3 is 9.84 Å². The molecule has 0 radical (unpaired) electrons. The Morgan fingerprint density at radius 3 is 2.71 bits per heavy atom. The lowest BCUT2D eigenvalue weighted by Crippen LogP contribution is -2.01. The summed E-state index contributed by atoms with van der Waals surface area (Å²) in [5, 5.41) is 9.76. The number of ether oxygens (including phenoxy) is 1. The summed E-state index contributed by atoms with van der Waals surface area (Å²) in [6.45, 7) is 4.50. The van der Waals surface area contributed by atoms with Gasteiger partial charge in [0.15, 0.2) is 0 Å². The predicted octanol–water partition coefficient (Wildman–Crippen LogP) is 3.29. The van der Waals surface area contributed by atoms with Crippen LogP contribution in [0, 0.1) is 0 Å². The highest BCUT2D eigenvalue weighted by Crippen LogP contribution is 2.30. The molecule has 3 heteroatoms. The zero-order valence-electron chi connectivity index (χ0n) is 8.46. The molecule has 78 valence electrons. The predicted molar refractivity (Wildman–Crippen MR) is 60.6 cm³/mol. The molecule has 0 saturated heterocycles. The highest BCUT2D eigenvalue weighted by Gasteiger charge is 2.11. The first kappa shape index (κ1) is 11.5. The molecule has 1 N–H and O–H groups in total. The third kappa shape index (κ3) is 2.72. The number of hydrogen-bond donors (Lipinski definition) is 1. The Morgan fingerprint density at radius 1 is 1.43 bits per heavy atom. The van der Waals surface area contributed by atoms with E-state index in [-0.39, 0.29) is 0 Å². The zero-order valence-corrected chi connectivity index (χ0v) is 10.0. The fourth-order valence-corrected chi connectivity index (χ4v) is 1.67. The smallest absolute Gasteiger partial charge is 0.125 e. The van der Waals surface area contributed by atoms with Gasteiger partial charge in [-0.25, -0.2) is 0 Å². The van der Waals surface area contributed by atoms with Crippen molar-refractivity contribution in [1.29, 1.82) is 0 Å². The van der Waals surface area contributed by atoms with E-state index < -0.39 is 6.10 Å². The highest BCUT2D eigenvalue weighted by atomic mass is 79.9. The Labute approximate surface area is 93.0 Å². The van der Waals surface area contributed by atoms with Crippen LogP contribution in [-0.2, 0) is 0 Å². The first-order valence-electron chi connectivity index (χ1n) is 4.79. The fraction of sp³-hybridized carbons (Fsp3) is 0.455. The molecule has 0 bridgehead atoms. The van der Waals surface area contributed by atoms with E-state index in [1.807, 2.05) is 32.0 Å². The lowest BCUT2D eigenvalue weighted by Gasteiger charge is -2.14. The first-order chi connectivity index (χ1) is 6.69.